The first kappa shape index (κ1) is 21.5. The van der Waals surface area contributed by atoms with Gasteiger partial charge in [-0.05, 0) is 65.5 Å². The van der Waals surface area contributed by atoms with Gasteiger partial charge in [0.1, 0.15) is 5.75 Å². The molecule has 2 heterocycles. The third-order valence-corrected chi connectivity index (χ3v) is 5.80. The number of nitro benzene ring substituents is 1. The second kappa shape index (κ2) is 8.24. The van der Waals surface area contributed by atoms with Gasteiger partial charge in [-0.3, -0.25) is 14.9 Å². The van der Waals surface area contributed by atoms with Gasteiger partial charge in [0, 0.05) is 12.1 Å². The van der Waals surface area contributed by atoms with E-state index in [-0.39, 0.29) is 29.4 Å². The van der Waals surface area contributed by atoms with Gasteiger partial charge in [0.25, 0.3) is 5.69 Å². The van der Waals surface area contributed by atoms with Crippen LogP contribution in [0.3, 0.4) is 0 Å². The van der Waals surface area contributed by atoms with Gasteiger partial charge < -0.3 is 14.2 Å². The number of non-ortho nitro benzene ring substituents is 1. The van der Waals surface area contributed by atoms with Crippen molar-refractivity contribution >= 4 is 11.7 Å². The van der Waals surface area contributed by atoms with Crippen LogP contribution in [0.25, 0.3) is 0 Å². The van der Waals surface area contributed by atoms with Crippen LogP contribution >= 0.6 is 0 Å². The zero-order valence-electron chi connectivity index (χ0n) is 17.5. The Labute approximate surface area is 171 Å². The molecule has 7 nitrogen and oxygen atoms in total. The van der Waals surface area contributed by atoms with Crippen LogP contribution in [0, 0.1) is 10.1 Å². The lowest BCUT2D eigenvalue weighted by Gasteiger charge is -2.06. The molecule has 2 aliphatic heterocycles. The molecule has 2 saturated heterocycles. The van der Waals surface area contributed by atoms with E-state index < -0.39 is 10.9 Å². The quantitative estimate of drug-likeness (QED) is 0.140. The molecule has 0 aromatic heterocycles. The zero-order chi connectivity index (χ0) is 21.2. The summed E-state index contributed by atoms with van der Waals surface area (Å²) in [5, 5.41) is 10.6. The van der Waals surface area contributed by atoms with Crippen molar-refractivity contribution in [2.75, 3.05) is 0 Å². The van der Waals surface area contributed by atoms with E-state index in [9.17, 15) is 14.9 Å². The number of esters is 1. The number of epoxide rings is 2. The Balaban J connectivity index is 1.35. The lowest BCUT2D eigenvalue weighted by atomic mass is 9.94. The first-order valence-corrected chi connectivity index (χ1v) is 10.1. The number of nitrogens with zero attached hydrogens (tertiary/aromatic N) is 1. The van der Waals surface area contributed by atoms with E-state index in [0.717, 1.165) is 31.3 Å². The Kier molecular flexibility index (Phi) is 6.10. The molecule has 0 aliphatic carbocycles. The number of carbonyl (C=O) groups excluding carboxylic acids is 1. The predicted octanol–water partition coefficient (Wildman–Crippen LogP) is 4.73. The van der Waals surface area contributed by atoms with Gasteiger partial charge in [0.2, 0.25) is 0 Å². The summed E-state index contributed by atoms with van der Waals surface area (Å²) in [7, 11) is 0. The van der Waals surface area contributed by atoms with Crippen LogP contribution < -0.4 is 4.74 Å². The van der Waals surface area contributed by atoms with E-state index in [1.807, 2.05) is 13.0 Å². The Morgan fingerprint density at radius 1 is 1.17 bits per heavy atom. The highest BCUT2D eigenvalue weighted by atomic mass is 16.6. The SMILES string of the molecule is C/C(=C\CC(=O)Oc1ccc([N+](=O)[O-])cc1)CC[C@H]1O[C@]1(C)CC[C@H]1OC1(C)C. The summed E-state index contributed by atoms with van der Waals surface area (Å²) in [6, 6.07) is 5.47. The second-order valence-corrected chi connectivity index (χ2v) is 8.69. The monoisotopic (exact) mass is 403 g/mol. The molecule has 7 heteroatoms. The third kappa shape index (κ3) is 5.87. The number of hydrogen-bond donors (Lipinski definition) is 0. The van der Waals surface area contributed by atoms with Crippen molar-refractivity contribution in [3.05, 3.63) is 46.0 Å². The number of ether oxygens (including phenoxy) is 3. The second-order valence-electron chi connectivity index (χ2n) is 8.69. The molecule has 158 valence electrons. The molecule has 2 fully saturated rings. The number of nitro groups is 1. The molecule has 2 aliphatic rings. The fraction of sp³-hybridized carbons (Fsp3) is 0.591. The summed E-state index contributed by atoms with van der Waals surface area (Å²) in [6.07, 6.45) is 6.50. The average Bonchev–Trinajstić information content (AvgIpc) is 3.51. The van der Waals surface area contributed by atoms with Crippen molar-refractivity contribution in [2.45, 2.75) is 83.2 Å². The molecule has 1 aromatic carbocycles. The predicted molar refractivity (Wildman–Crippen MR) is 108 cm³/mol. The highest BCUT2D eigenvalue weighted by molar-refractivity contribution is 5.74. The molecule has 3 atom stereocenters. The Morgan fingerprint density at radius 2 is 1.83 bits per heavy atom. The molecule has 0 amide bonds. The lowest BCUT2D eigenvalue weighted by Crippen LogP contribution is -2.13. The maximum absolute atomic E-state index is 12.0. The highest BCUT2D eigenvalue weighted by Gasteiger charge is 2.54. The molecule has 29 heavy (non-hydrogen) atoms. The molecule has 0 saturated carbocycles. The summed E-state index contributed by atoms with van der Waals surface area (Å²) in [6.45, 7) is 8.39. The normalized spacial score (nSPS) is 27.4. The van der Waals surface area contributed by atoms with Gasteiger partial charge in [0.15, 0.2) is 0 Å². The fourth-order valence-electron chi connectivity index (χ4n) is 3.56. The van der Waals surface area contributed by atoms with E-state index >= 15 is 0 Å². The van der Waals surface area contributed by atoms with E-state index in [1.165, 1.54) is 24.3 Å². The van der Waals surface area contributed by atoms with Crippen LogP contribution in [0.5, 0.6) is 5.75 Å². The molecular weight excluding hydrogens is 374 g/mol. The molecule has 3 rings (SSSR count). The molecule has 0 N–H and O–H groups in total. The average molecular weight is 403 g/mol. The first-order chi connectivity index (χ1) is 13.6. The number of allylic oxidation sites excluding steroid dienone is 1. The lowest BCUT2D eigenvalue weighted by molar-refractivity contribution is -0.384. The summed E-state index contributed by atoms with van der Waals surface area (Å²) in [5.41, 5.74) is 1.07. The Morgan fingerprint density at radius 3 is 2.41 bits per heavy atom. The van der Waals surface area contributed by atoms with Crippen LogP contribution in [0.15, 0.2) is 35.9 Å². The Bertz CT molecular complexity index is 800. The molecule has 0 bridgehead atoms. The molecule has 0 radical (unpaired) electrons. The van der Waals surface area contributed by atoms with Crippen molar-refractivity contribution in [2.24, 2.45) is 0 Å². The van der Waals surface area contributed by atoms with Crippen LogP contribution in [0.2, 0.25) is 0 Å². The number of benzene rings is 1. The number of rotatable bonds is 10. The number of hydrogen-bond acceptors (Lipinski definition) is 6. The van der Waals surface area contributed by atoms with Gasteiger partial charge in [-0.1, -0.05) is 11.6 Å². The van der Waals surface area contributed by atoms with E-state index in [1.54, 1.807) is 0 Å². The maximum Gasteiger partial charge on any atom is 0.315 e. The smallest absolute Gasteiger partial charge is 0.315 e. The Hall–Kier alpha value is -2.25. The van der Waals surface area contributed by atoms with Crippen LogP contribution in [0.1, 0.15) is 59.8 Å². The molecule has 0 spiro atoms. The van der Waals surface area contributed by atoms with Crippen molar-refractivity contribution in [1.82, 2.24) is 0 Å². The van der Waals surface area contributed by atoms with E-state index in [2.05, 4.69) is 20.8 Å². The minimum Gasteiger partial charge on any atom is -0.426 e. The summed E-state index contributed by atoms with van der Waals surface area (Å²) in [5.74, 6) is -0.0885. The van der Waals surface area contributed by atoms with Gasteiger partial charge in [-0.25, -0.2) is 0 Å². The summed E-state index contributed by atoms with van der Waals surface area (Å²) >= 11 is 0. The van der Waals surface area contributed by atoms with Crippen molar-refractivity contribution in [3.63, 3.8) is 0 Å². The van der Waals surface area contributed by atoms with E-state index in [0.29, 0.717) is 11.9 Å². The number of carbonyl (C=O) groups is 1. The van der Waals surface area contributed by atoms with Gasteiger partial charge in [-0.15, -0.1) is 0 Å². The molecule has 0 unspecified atom stereocenters. The topological polar surface area (TPSA) is 94.5 Å². The van der Waals surface area contributed by atoms with Crippen molar-refractivity contribution in [3.8, 4) is 5.75 Å². The fourth-order valence-corrected chi connectivity index (χ4v) is 3.56. The van der Waals surface area contributed by atoms with Gasteiger partial charge in [-0.2, -0.15) is 0 Å². The summed E-state index contributed by atoms with van der Waals surface area (Å²) < 4.78 is 16.8. The van der Waals surface area contributed by atoms with Crippen LogP contribution in [-0.4, -0.2) is 34.3 Å². The standard InChI is InChI=1S/C22H29NO6/c1-15(5-11-19-22(4,29-19)14-13-18-21(2,3)28-18)6-12-20(24)27-17-9-7-16(8-10-17)23(25)26/h6-10,18-19H,5,11-14H2,1-4H3/b15-6+/t18-,19-,22-/m1/s1. The van der Waals surface area contributed by atoms with Gasteiger partial charge in [0.05, 0.1) is 34.8 Å². The highest BCUT2D eigenvalue weighted by Crippen LogP contribution is 2.47. The summed E-state index contributed by atoms with van der Waals surface area (Å²) in [4.78, 5) is 22.1. The zero-order valence-corrected chi connectivity index (χ0v) is 17.5. The molecular formula is C22H29NO6. The van der Waals surface area contributed by atoms with Crippen LogP contribution in [0.4, 0.5) is 5.69 Å². The van der Waals surface area contributed by atoms with Crippen LogP contribution in [-0.2, 0) is 14.3 Å². The molecule has 1 aromatic rings. The third-order valence-electron chi connectivity index (χ3n) is 5.80. The minimum absolute atomic E-state index is 0.0309. The van der Waals surface area contributed by atoms with Crippen molar-refractivity contribution < 1.29 is 23.9 Å². The van der Waals surface area contributed by atoms with Gasteiger partial charge >= 0.3 is 5.97 Å². The maximum atomic E-state index is 12.0. The first-order valence-electron chi connectivity index (χ1n) is 10.1. The van der Waals surface area contributed by atoms with E-state index in [4.69, 9.17) is 14.2 Å². The minimum atomic E-state index is -0.493. The van der Waals surface area contributed by atoms with Crippen molar-refractivity contribution in [1.29, 1.82) is 0 Å². The largest absolute Gasteiger partial charge is 0.426 e.